The fourth-order valence-electron chi connectivity index (χ4n) is 1.32. The number of hydrogen-bond donors (Lipinski definition) is 1. The van der Waals surface area contributed by atoms with Gasteiger partial charge in [-0.25, -0.2) is 0 Å². The molecule has 0 radical (unpaired) electrons. The Labute approximate surface area is 68.6 Å². The van der Waals surface area contributed by atoms with Crippen LogP contribution in [0.4, 0.5) is 0 Å². The molecule has 0 aromatic heterocycles. The second-order valence-corrected chi connectivity index (χ2v) is 3.37. The van der Waals surface area contributed by atoms with Crippen molar-refractivity contribution in [2.24, 2.45) is 11.8 Å². The van der Waals surface area contributed by atoms with Crippen LogP contribution < -0.4 is 0 Å². The zero-order valence-corrected chi connectivity index (χ0v) is 7.63. The molecular weight excluding hydrogens is 140 g/mol. The van der Waals surface area contributed by atoms with Gasteiger partial charge in [0.2, 0.25) is 0 Å². The second-order valence-electron chi connectivity index (χ2n) is 3.37. The van der Waals surface area contributed by atoms with Crippen LogP contribution in [0.25, 0.3) is 0 Å². The van der Waals surface area contributed by atoms with Crippen molar-refractivity contribution >= 4 is 5.97 Å². The lowest BCUT2D eigenvalue weighted by molar-refractivity contribution is -0.141. The highest BCUT2D eigenvalue weighted by Crippen LogP contribution is 2.16. The highest BCUT2D eigenvalue weighted by molar-refractivity contribution is 5.69. The Balaban J connectivity index is 3.56. The third kappa shape index (κ3) is 4.82. The average molecular weight is 158 g/mol. The molecule has 0 aromatic carbocycles. The molecule has 0 saturated heterocycles. The molecule has 2 atom stereocenters. The average Bonchev–Trinajstić information content (AvgIpc) is 1.87. The lowest BCUT2D eigenvalue weighted by atomic mass is 9.94. The predicted octanol–water partition coefficient (Wildman–Crippen LogP) is 2.53. The third-order valence-corrected chi connectivity index (χ3v) is 1.96. The SMILES string of the molecule is CCCC(C)C[C@H](C)C(=O)O. The highest BCUT2D eigenvalue weighted by atomic mass is 16.4. The number of carbonyl (C=O) groups is 1. The number of rotatable bonds is 5. The summed E-state index contributed by atoms with van der Waals surface area (Å²) in [4.78, 5) is 10.4. The van der Waals surface area contributed by atoms with Crippen LogP contribution in [0.3, 0.4) is 0 Å². The summed E-state index contributed by atoms with van der Waals surface area (Å²) in [5.74, 6) is -0.310. The summed E-state index contributed by atoms with van der Waals surface area (Å²) in [6.07, 6.45) is 3.09. The minimum Gasteiger partial charge on any atom is -0.481 e. The van der Waals surface area contributed by atoms with Crippen LogP contribution in [0.5, 0.6) is 0 Å². The van der Waals surface area contributed by atoms with E-state index in [-0.39, 0.29) is 5.92 Å². The Morgan fingerprint density at radius 2 is 2.00 bits per heavy atom. The van der Waals surface area contributed by atoms with Gasteiger partial charge in [-0.05, 0) is 12.3 Å². The summed E-state index contributed by atoms with van der Waals surface area (Å²) < 4.78 is 0. The first kappa shape index (κ1) is 10.5. The summed E-state index contributed by atoms with van der Waals surface area (Å²) in [6, 6.07) is 0. The fourth-order valence-corrected chi connectivity index (χ4v) is 1.32. The maximum absolute atomic E-state index is 10.4. The molecule has 0 bridgehead atoms. The number of hydrogen-bond acceptors (Lipinski definition) is 1. The molecular formula is C9H18O2. The van der Waals surface area contributed by atoms with Crippen LogP contribution in [-0.2, 0) is 4.79 Å². The Morgan fingerprint density at radius 3 is 2.36 bits per heavy atom. The van der Waals surface area contributed by atoms with Crippen molar-refractivity contribution in [2.75, 3.05) is 0 Å². The van der Waals surface area contributed by atoms with E-state index in [4.69, 9.17) is 5.11 Å². The minimum atomic E-state index is -0.673. The topological polar surface area (TPSA) is 37.3 Å². The van der Waals surface area contributed by atoms with Crippen molar-refractivity contribution in [3.8, 4) is 0 Å². The van der Waals surface area contributed by atoms with Gasteiger partial charge in [0.25, 0.3) is 0 Å². The third-order valence-electron chi connectivity index (χ3n) is 1.96. The number of carboxylic acid groups (broad SMARTS) is 1. The molecule has 66 valence electrons. The smallest absolute Gasteiger partial charge is 0.306 e. The maximum Gasteiger partial charge on any atom is 0.306 e. The van der Waals surface area contributed by atoms with E-state index in [1.165, 1.54) is 0 Å². The van der Waals surface area contributed by atoms with Gasteiger partial charge in [-0.15, -0.1) is 0 Å². The molecule has 1 unspecified atom stereocenters. The Bertz CT molecular complexity index is 121. The standard InChI is InChI=1S/C9H18O2/c1-4-5-7(2)6-8(3)9(10)11/h7-8H,4-6H2,1-3H3,(H,10,11)/t7?,8-/m0/s1. The van der Waals surface area contributed by atoms with E-state index in [2.05, 4.69) is 13.8 Å². The van der Waals surface area contributed by atoms with Gasteiger partial charge in [0, 0.05) is 0 Å². The first-order valence-electron chi connectivity index (χ1n) is 4.30. The van der Waals surface area contributed by atoms with E-state index in [0.717, 1.165) is 19.3 Å². The molecule has 0 aliphatic rings. The number of aliphatic carboxylic acids is 1. The number of carboxylic acids is 1. The molecule has 0 aliphatic heterocycles. The van der Waals surface area contributed by atoms with Crippen LogP contribution in [-0.4, -0.2) is 11.1 Å². The predicted molar refractivity (Wildman–Crippen MR) is 45.5 cm³/mol. The van der Waals surface area contributed by atoms with Gasteiger partial charge >= 0.3 is 5.97 Å². The van der Waals surface area contributed by atoms with E-state index < -0.39 is 5.97 Å². The molecule has 0 heterocycles. The first-order valence-corrected chi connectivity index (χ1v) is 4.30. The normalized spacial score (nSPS) is 15.9. The lowest BCUT2D eigenvalue weighted by Crippen LogP contribution is -2.12. The summed E-state index contributed by atoms with van der Waals surface area (Å²) in [6.45, 7) is 6.01. The molecule has 11 heavy (non-hydrogen) atoms. The van der Waals surface area contributed by atoms with Crippen LogP contribution in [0.1, 0.15) is 40.0 Å². The molecule has 0 spiro atoms. The molecule has 2 heteroatoms. The largest absolute Gasteiger partial charge is 0.481 e. The van der Waals surface area contributed by atoms with Gasteiger partial charge in [-0.3, -0.25) is 4.79 Å². The molecule has 0 aliphatic carbocycles. The van der Waals surface area contributed by atoms with Gasteiger partial charge < -0.3 is 5.11 Å². The molecule has 0 amide bonds. The molecule has 0 saturated carbocycles. The van der Waals surface area contributed by atoms with Gasteiger partial charge in [-0.1, -0.05) is 33.6 Å². The fraction of sp³-hybridized carbons (Fsp3) is 0.889. The van der Waals surface area contributed by atoms with Crippen LogP contribution in [0.15, 0.2) is 0 Å². The van der Waals surface area contributed by atoms with Crippen molar-refractivity contribution in [2.45, 2.75) is 40.0 Å². The molecule has 0 fully saturated rings. The van der Waals surface area contributed by atoms with Crippen molar-refractivity contribution in [3.63, 3.8) is 0 Å². The monoisotopic (exact) mass is 158 g/mol. The lowest BCUT2D eigenvalue weighted by Gasteiger charge is -2.12. The highest BCUT2D eigenvalue weighted by Gasteiger charge is 2.13. The van der Waals surface area contributed by atoms with E-state index >= 15 is 0 Å². The van der Waals surface area contributed by atoms with Crippen molar-refractivity contribution in [1.82, 2.24) is 0 Å². The zero-order valence-electron chi connectivity index (χ0n) is 7.63. The molecule has 1 N–H and O–H groups in total. The van der Waals surface area contributed by atoms with E-state index in [1.807, 2.05) is 0 Å². The van der Waals surface area contributed by atoms with Gasteiger partial charge in [0.15, 0.2) is 0 Å². The van der Waals surface area contributed by atoms with Crippen molar-refractivity contribution < 1.29 is 9.90 Å². The van der Waals surface area contributed by atoms with E-state index in [1.54, 1.807) is 6.92 Å². The maximum atomic E-state index is 10.4. The van der Waals surface area contributed by atoms with Crippen LogP contribution in [0, 0.1) is 11.8 Å². The van der Waals surface area contributed by atoms with Crippen molar-refractivity contribution in [1.29, 1.82) is 0 Å². The quantitative estimate of drug-likeness (QED) is 0.667. The first-order chi connectivity index (χ1) is 5.07. The Hall–Kier alpha value is -0.530. The van der Waals surface area contributed by atoms with Crippen molar-refractivity contribution in [3.05, 3.63) is 0 Å². The summed E-state index contributed by atoms with van der Waals surface area (Å²) in [5, 5.41) is 8.60. The van der Waals surface area contributed by atoms with Crippen LogP contribution in [0.2, 0.25) is 0 Å². The van der Waals surface area contributed by atoms with E-state index in [0.29, 0.717) is 5.92 Å². The minimum absolute atomic E-state index is 0.184. The summed E-state index contributed by atoms with van der Waals surface area (Å²) in [5.41, 5.74) is 0. The Kier molecular flexibility index (Phi) is 4.92. The van der Waals surface area contributed by atoms with Gasteiger partial charge in [0.1, 0.15) is 0 Å². The second kappa shape index (κ2) is 5.16. The summed E-state index contributed by atoms with van der Waals surface area (Å²) >= 11 is 0. The molecule has 0 aromatic rings. The van der Waals surface area contributed by atoms with Gasteiger partial charge in [-0.2, -0.15) is 0 Å². The Morgan fingerprint density at radius 1 is 1.45 bits per heavy atom. The molecule has 2 nitrogen and oxygen atoms in total. The molecule has 0 rings (SSSR count). The zero-order chi connectivity index (χ0) is 8.85. The van der Waals surface area contributed by atoms with E-state index in [9.17, 15) is 4.79 Å². The van der Waals surface area contributed by atoms with Crippen LogP contribution >= 0.6 is 0 Å². The van der Waals surface area contributed by atoms with Gasteiger partial charge in [0.05, 0.1) is 5.92 Å². The summed E-state index contributed by atoms with van der Waals surface area (Å²) in [7, 11) is 0.